The van der Waals surface area contributed by atoms with Crippen molar-refractivity contribution in [3.8, 4) is 11.1 Å². The number of anilines is 1. The molecule has 0 bridgehead atoms. The van der Waals surface area contributed by atoms with Crippen LogP contribution in [0.4, 0.5) is 5.69 Å². The molecular weight excluding hydrogens is 234 g/mol. The second-order valence-electron chi connectivity index (χ2n) is 5.10. The fraction of sp³-hybridized carbons (Fsp3) is 0.188. The number of pyridine rings is 1. The van der Waals surface area contributed by atoms with E-state index in [0.29, 0.717) is 0 Å². The SMILES string of the molecule is Cc1ccc(-c2c(C)cnc3[nH]cc(N)c23)c(C)c1. The van der Waals surface area contributed by atoms with Crippen LogP contribution >= 0.6 is 0 Å². The van der Waals surface area contributed by atoms with E-state index in [4.69, 9.17) is 5.73 Å². The summed E-state index contributed by atoms with van der Waals surface area (Å²) in [7, 11) is 0. The first-order chi connectivity index (χ1) is 9.08. The highest BCUT2D eigenvalue weighted by molar-refractivity contribution is 6.03. The Kier molecular flexibility index (Phi) is 2.56. The zero-order valence-corrected chi connectivity index (χ0v) is 11.4. The number of nitrogens with two attached hydrogens (primary N) is 1. The second kappa shape index (κ2) is 4.12. The van der Waals surface area contributed by atoms with Crippen molar-refractivity contribution in [1.82, 2.24) is 9.97 Å². The number of benzene rings is 1. The minimum atomic E-state index is 0.751. The molecule has 2 aromatic heterocycles. The summed E-state index contributed by atoms with van der Waals surface area (Å²) in [5.41, 5.74) is 13.8. The molecule has 3 heteroatoms. The summed E-state index contributed by atoms with van der Waals surface area (Å²) in [5.74, 6) is 0. The molecule has 0 fully saturated rings. The Bertz CT molecular complexity index is 769. The minimum absolute atomic E-state index is 0.751. The third-order valence-corrected chi connectivity index (χ3v) is 3.57. The van der Waals surface area contributed by atoms with Gasteiger partial charge in [-0.15, -0.1) is 0 Å². The zero-order valence-electron chi connectivity index (χ0n) is 11.4. The Morgan fingerprint density at radius 1 is 1.11 bits per heavy atom. The van der Waals surface area contributed by atoms with E-state index >= 15 is 0 Å². The van der Waals surface area contributed by atoms with E-state index in [2.05, 4.69) is 48.9 Å². The van der Waals surface area contributed by atoms with Gasteiger partial charge in [-0.2, -0.15) is 0 Å². The van der Waals surface area contributed by atoms with Crippen LogP contribution in [0.1, 0.15) is 16.7 Å². The molecule has 0 spiro atoms. The molecule has 96 valence electrons. The van der Waals surface area contributed by atoms with Gasteiger partial charge >= 0.3 is 0 Å². The lowest BCUT2D eigenvalue weighted by molar-refractivity contribution is 1.28. The summed E-state index contributed by atoms with van der Waals surface area (Å²) >= 11 is 0. The Balaban J connectivity index is 2.41. The highest BCUT2D eigenvalue weighted by atomic mass is 14.9. The zero-order chi connectivity index (χ0) is 13.6. The summed E-state index contributed by atoms with van der Waals surface area (Å²) in [6.45, 7) is 6.32. The smallest absolute Gasteiger partial charge is 0.140 e. The van der Waals surface area contributed by atoms with Crippen molar-refractivity contribution >= 4 is 16.7 Å². The molecule has 0 atom stereocenters. The molecule has 3 rings (SSSR count). The Labute approximate surface area is 112 Å². The van der Waals surface area contributed by atoms with Crippen LogP contribution in [0.5, 0.6) is 0 Å². The van der Waals surface area contributed by atoms with Gasteiger partial charge < -0.3 is 10.7 Å². The summed E-state index contributed by atoms with van der Waals surface area (Å²) in [4.78, 5) is 7.52. The van der Waals surface area contributed by atoms with E-state index < -0.39 is 0 Å². The fourth-order valence-electron chi connectivity index (χ4n) is 2.66. The molecule has 0 amide bonds. The predicted octanol–water partition coefficient (Wildman–Crippen LogP) is 3.74. The van der Waals surface area contributed by atoms with Crippen LogP contribution in [0.2, 0.25) is 0 Å². The van der Waals surface area contributed by atoms with Gasteiger partial charge in [-0.1, -0.05) is 23.8 Å². The molecule has 1 aromatic carbocycles. The molecule has 3 nitrogen and oxygen atoms in total. The molecule has 0 aliphatic heterocycles. The highest BCUT2D eigenvalue weighted by Gasteiger charge is 2.14. The fourth-order valence-corrected chi connectivity index (χ4v) is 2.66. The number of aromatic nitrogens is 2. The maximum Gasteiger partial charge on any atom is 0.140 e. The number of nitrogens with zero attached hydrogens (tertiary/aromatic N) is 1. The Morgan fingerprint density at radius 2 is 1.89 bits per heavy atom. The third kappa shape index (κ3) is 1.78. The van der Waals surface area contributed by atoms with E-state index in [9.17, 15) is 0 Å². The van der Waals surface area contributed by atoms with E-state index in [-0.39, 0.29) is 0 Å². The van der Waals surface area contributed by atoms with E-state index in [1.54, 1.807) is 0 Å². The maximum atomic E-state index is 6.09. The normalized spacial score (nSPS) is 11.1. The van der Waals surface area contributed by atoms with Crippen LogP contribution in [0.3, 0.4) is 0 Å². The number of fused-ring (bicyclic) bond motifs is 1. The van der Waals surface area contributed by atoms with E-state index in [1.807, 2.05) is 12.4 Å². The first kappa shape index (κ1) is 11.8. The van der Waals surface area contributed by atoms with Crippen molar-refractivity contribution in [3.05, 3.63) is 47.3 Å². The largest absolute Gasteiger partial charge is 0.397 e. The van der Waals surface area contributed by atoms with Gasteiger partial charge in [-0.3, -0.25) is 0 Å². The standard InChI is InChI=1S/C16H17N3/c1-9-4-5-12(10(2)6-9)14-11(3)7-18-16-15(14)13(17)8-19-16/h4-8H,17H2,1-3H3,(H,18,19). The molecule has 0 saturated carbocycles. The van der Waals surface area contributed by atoms with Crippen molar-refractivity contribution < 1.29 is 0 Å². The van der Waals surface area contributed by atoms with Gasteiger partial charge in [-0.25, -0.2) is 4.98 Å². The van der Waals surface area contributed by atoms with Crippen LogP contribution in [0, 0.1) is 20.8 Å². The second-order valence-corrected chi connectivity index (χ2v) is 5.10. The van der Waals surface area contributed by atoms with E-state index in [0.717, 1.165) is 22.3 Å². The average molecular weight is 251 g/mol. The molecule has 0 aliphatic carbocycles. The van der Waals surface area contributed by atoms with Crippen molar-refractivity contribution in [2.75, 3.05) is 5.73 Å². The van der Waals surface area contributed by atoms with Crippen LogP contribution in [0.25, 0.3) is 22.2 Å². The lowest BCUT2D eigenvalue weighted by atomic mass is 9.94. The van der Waals surface area contributed by atoms with E-state index in [1.165, 1.54) is 22.3 Å². The van der Waals surface area contributed by atoms with Gasteiger partial charge in [0.25, 0.3) is 0 Å². The maximum absolute atomic E-state index is 6.09. The average Bonchev–Trinajstić information content (AvgIpc) is 2.73. The van der Waals surface area contributed by atoms with Gasteiger partial charge in [0.05, 0.1) is 5.69 Å². The molecule has 19 heavy (non-hydrogen) atoms. The van der Waals surface area contributed by atoms with Gasteiger partial charge in [0.15, 0.2) is 0 Å². The molecule has 2 heterocycles. The molecule has 3 aromatic rings. The number of aryl methyl sites for hydroxylation is 3. The van der Waals surface area contributed by atoms with Crippen LogP contribution in [-0.4, -0.2) is 9.97 Å². The molecule has 0 radical (unpaired) electrons. The van der Waals surface area contributed by atoms with Gasteiger partial charge in [0.1, 0.15) is 5.65 Å². The van der Waals surface area contributed by atoms with Crippen LogP contribution < -0.4 is 5.73 Å². The quantitative estimate of drug-likeness (QED) is 0.692. The number of hydrogen-bond donors (Lipinski definition) is 2. The first-order valence-electron chi connectivity index (χ1n) is 6.37. The molecule has 0 saturated heterocycles. The highest BCUT2D eigenvalue weighted by Crippen LogP contribution is 2.35. The van der Waals surface area contributed by atoms with Crippen molar-refractivity contribution in [1.29, 1.82) is 0 Å². The number of aromatic amines is 1. The number of nitrogens with one attached hydrogen (secondary N) is 1. The summed E-state index contributed by atoms with van der Waals surface area (Å²) in [5, 5.41) is 1.02. The van der Waals surface area contributed by atoms with Crippen LogP contribution in [0.15, 0.2) is 30.6 Å². The number of rotatable bonds is 1. The predicted molar refractivity (Wildman–Crippen MR) is 80.2 cm³/mol. The van der Waals surface area contributed by atoms with Crippen molar-refractivity contribution in [3.63, 3.8) is 0 Å². The number of nitrogen functional groups attached to an aromatic ring is 1. The van der Waals surface area contributed by atoms with Gasteiger partial charge in [0.2, 0.25) is 0 Å². The molecular formula is C16H17N3. The molecule has 0 unspecified atom stereocenters. The molecule has 0 aliphatic rings. The van der Waals surface area contributed by atoms with Gasteiger partial charge in [0, 0.05) is 17.8 Å². The Hall–Kier alpha value is -2.29. The summed E-state index contributed by atoms with van der Waals surface area (Å²) in [6, 6.07) is 6.50. The molecule has 3 N–H and O–H groups in total. The van der Waals surface area contributed by atoms with Crippen molar-refractivity contribution in [2.45, 2.75) is 20.8 Å². The van der Waals surface area contributed by atoms with Crippen molar-refractivity contribution in [2.24, 2.45) is 0 Å². The summed E-state index contributed by atoms with van der Waals surface area (Å²) < 4.78 is 0. The van der Waals surface area contributed by atoms with Gasteiger partial charge in [-0.05, 0) is 43.0 Å². The number of hydrogen-bond acceptors (Lipinski definition) is 2. The third-order valence-electron chi connectivity index (χ3n) is 3.57. The Morgan fingerprint density at radius 3 is 2.63 bits per heavy atom. The summed E-state index contributed by atoms with van der Waals surface area (Å²) in [6.07, 6.45) is 3.71. The topological polar surface area (TPSA) is 54.7 Å². The lowest BCUT2D eigenvalue weighted by Crippen LogP contribution is -1.93. The minimum Gasteiger partial charge on any atom is -0.397 e. The lowest BCUT2D eigenvalue weighted by Gasteiger charge is -2.12. The monoisotopic (exact) mass is 251 g/mol. The number of H-pyrrole nitrogens is 1. The van der Waals surface area contributed by atoms with Crippen LogP contribution in [-0.2, 0) is 0 Å². The first-order valence-corrected chi connectivity index (χ1v) is 6.37.